The molecular formula is C45H71N9O11. The number of ether oxygens (including phenoxy) is 2. The van der Waals surface area contributed by atoms with Crippen molar-refractivity contribution in [1.29, 1.82) is 0 Å². The number of aliphatic hydroxyl groups excluding tert-OH is 3. The number of unbranched alkanes of at least 4 members (excludes halogenated alkanes) is 8. The Kier molecular flexibility index (Phi) is 21.3. The number of nitrogens with two attached hydrogens (primary N) is 4. The second-order valence-corrected chi connectivity index (χ2v) is 16.9. The zero-order chi connectivity index (χ0) is 47.6. The first kappa shape index (κ1) is 52.7. The van der Waals surface area contributed by atoms with Gasteiger partial charge in [0.1, 0.15) is 47.9 Å². The fraction of sp³-hybridized carbons (Fsp3) is 0.622. The van der Waals surface area contributed by atoms with Crippen LogP contribution >= 0.6 is 0 Å². The smallest absolute Gasteiger partial charge is 0.258 e. The van der Waals surface area contributed by atoms with Gasteiger partial charge in [-0.05, 0) is 74.2 Å². The number of nitrogens with one attached hydrogen (secondary N) is 4. The molecule has 2 heterocycles. The molecule has 9 atom stereocenters. The maximum absolute atomic E-state index is 14.6. The van der Waals surface area contributed by atoms with Crippen molar-refractivity contribution in [1.82, 2.24) is 26.2 Å². The van der Waals surface area contributed by atoms with E-state index in [-0.39, 0.29) is 53.4 Å². The van der Waals surface area contributed by atoms with Gasteiger partial charge < -0.3 is 79.0 Å². The lowest BCUT2D eigenvalue weighted by molar-refractivity contribution is -0.239. The van der Waals surface area contributed by atoms with Crippen molar-refractivity contribution in [3.8, 4) is 22.6 Å². The molecule has 9 unspecified atom stereocenters. The highest BCUT2D eigenvalue weighted by Crippen LogP contribution is 2.40. The van der Waals surface area contributed by atoms with Crippen LogP contribution in [0.15, 0.2) is 36.4 Å². The third kappa shape index (κ3) is 15.0. The molecule has 16 N–H and O–H groups in total. The number of rotatable bonds is 23. The lowest BCUT2D eigenvalue weighted by Crippen LogP contribution is -2.63. The molecule has 1 fully saturated rings. The number of carbonyl (C=O) groups excluding carboxylic acids is 5. The number of phenolic OH excluding ortho intramolecular Hbond substituents is 1. The first-order valence-corrected chi connectivity index (χ1v) is 22.7. The van der Waals surface area contributed by atoms with Crippen molar-refractivity contribution in [3.63, 3.8) is 0 Å². The van der Waals surface area contributed by atoms with E-state index in [1.54, 1.807) is 0 Å². The van der Waals surface area contributed by atoms with Gasteiger partial charge in [-0.3, -0.25) is 24.0 Å². The standard InChI is InChI=1S/C45H71N9O11/c1-3-4-5-6-7-8-9-12-20-50-21-18-35(57)51-30(13-10-11-19-46)44(63)54(2)37-27-15-17-33(64-45-36(47)39(59)38(58)34(25-55)65-45)29(24-27)28-22-26(14-16-32(28)56)23-31(41(49)60)52-43(62)40(48)53-42(37)61/h14-17,22,24,30-31,34,36-40,45,50,55-56,58-59H,3-13,18-21,23,25,46-48H2,1-2H3,(H2,49,60)(H,51,57)(H,52,62)(H,53,61). The number of primary amides is 1. The zero-order valence-electron chi connectivity index (χ0n) is 37.6. The maximum atomic E-state index is 14.6. The number of hydrogen-bond acceptors (Lipinski definition) is 15. The molecular weight excluding hydrogens is 843 g/mol. The van der Waals surface area contributed by atoms with Crippen molar-refractivity contribution in [3.05, 3.63) is 47.5 Å². The molecule has 362 valence electrons. The van der Waals surface area contributed by atoms with Crippen LogP contribution in [0.3, 0.4) is 0 Å². The van der Waals surface area contributed by atoms with Gasteiger partial charge >= 0.3 is 0 Å². The number of fused-ring (bicyclic) bond motifs is 5. The summed E-state index contributed by atoms with van der Waals surface area (Å²) >= 11 is 0. The van der Waals surface area contributed by atoms with Crippen molar-refractivity contribution in [2.24, 2.45) is 22.9 Å². The van der Waals surface area contributed by atoms with E-state index in [0.717, 1.165) is 24.3 Å². The van der Waals surface area contributed by atoms with Crippen LogP contribution in [0.25, 0.3) is 11.1 Å². The molecule has 2 aromatic rings. The van der Waals surface area contributed by atoms with Crippen LogP contribution in [0.5, 0.6) is 11.5 Å². The fourth-order valence-corrected chi connectivity index (χ4v) is 7.96. The first-order chi connectivity index (χ1) is 31.1. The number of phenols is 1. The lowest BCUT2D eigenvalue weighted by Gasteiger charge is -2.40. The molecule has 65 heavy (non-hydrogen) atoms. The predicted octanol–water partition coefficient (Wildman–Crippen LogP) is -0.635. The normalized spacial score (nSPS) is 23.9. The van der Waals surface area contributed by atoms with Crippen LogP contribution in [-0.4, -0.2) is 137 Å². The molecule has 4 rings (SSSR count). The summed E-state index contributed by atoms with van der Waals surface area (Å²) < 4.78 is 11.9. The van der Waals surface area contributed by atoms with E-state index in [1.165, 1.54) is 82.0 Å². The Labute approximate surface area is 380 Å². The van der Waals surface area contributed by atoms with E-state index in [0.29, 0.717) is 31.5 Å². The third-order valence-electron chi connectivity index (χ3n) is 11.8. The summed E-state index contributed by atoms with van der Waals surface area (Å²) in [6.07, 6.45) is 3.08. The van der Waals surface area contributed by atoms with Gasteiger partial charge in [0.25, 0.3) is 5.91 Å². The van der Waals surface area contributed by atoms with Crippen molar-refractivity contribution >= 4 is 29.5 Å². The Balaban J connectivity index is 1.69. The van der Waals surface area contributed by atoms with Gasteiger partial charge in [0.15, 0.2) is 6.17 Å². The number of carbonyl (C=O) groups is 5. The average molecular weight is 914 g/mol. The number of hydrogen-bond donors (Lipinski definition) is 12. The highest BCUT2D eigenvalue weighted by atomic mass is 16.7. The van der Waals surface area contributed by atoms with Crippen LogP contribution in [-0.2, 0) is 35.1 Å². The summed E-state index contributed by atoms with van der Waals surface area (Å²) in [6.45, 7) is 3.01. The Bertz CT molecular complexity index is 1890. The number of nitrogens with zero attached hydrogens (tertiary/aromatic N) is 1. The number of aromatic hydroxyl groups is 1. The van der Waals surface area contributed by atoms with Gasteiger partial charge in [-0.2, -0.15) is 0 Å². The Hall–Kier alpha value is -4.93. The van der Waals surface area contributed by atoms with Crippen LogP contribution < -0.4 is 48.9 Å². The van der Waals surface area contributed by atoms with Crippen LogP contribution in [0.1, 0.15) is 101 Å². The zero-order valence-corrected chi connectivity index (χ0v) is 37.6. The predicted molar refractivity (Wildman–Crippen MR) is 241 cm³/mol. The minimum atomic E-state index is -1.72. The van der Waals surface area contributed by atoms with Gasteiger partial charge in [0, 0.05) is 37.6 Å². The highest BCUT2D eigenvalue weighted by Gasteiger charge is 2.44. The molecule has 2 aromatic carbocycles. The van der Waals surface area contributed by atoms with Crippen LogP contribution in [0.4, 0.5) is 0 Å². The maximum Gasteiger partial charge on any atom is 0.258 e. The summed E-state index contributed by atoms with van der Waals surface area (Å²) in [5.41, 5.74) is 24.6. The molecule has 4 bridgehead atoms. The SMILES string of the molecule is CCCCCCCCCCNCCC(=O)NC(CCCCN)C(=O)N(C)C1C(=O)NC(N)C(=O)NC(C(N)=O)Cc2ccc(O)c(c2)-c2cc1ccc2OC1OC(CO)C(O)C(O)C1N. The second-order valence-electron chi connectivity index (χ2n) is 16.9. The van der Waals surface area contributed by atoms with Gasteiger partial charge in [-0.1, -0.05) is 64.0 Å². The number of benzene rings is 2. The molecule has 2 aliphatic rings. The van der Waals surface area contributed by atoms with Crippen molar-refractivity contribution in [2.45, 2.75) is 145 Å². The van der Waals surface area contributed by atoms with Crippen LogP contribution in [0, 0.1) is 0 Å². The molecule has 20 heteroatoms. The lowest BCUT2D eigenvalue weighted by atomic mass is 9.93. The minimum absolute atomic E-state index is 0.0124. The molecule has 0 radical (unpaired) electrons. The molecule has 0 aromatic heterocycles. The van der Waals surface area contributed by atoms with Crippen LogP contribution in [0.2, 0.25) is 0 Å². The summed E-state index contributed by atoms with van der Waals surface area (Å²) in [6, 6.07) is 3.38. The molecule has 2 aliphatic heterocycles. The molecule has 5 amide bonds. The van der Waals surface area contributed by atoms with E-state index in [9.17, 15) is 44.4 Å². The monoisotopic (exact) mass is 914 g/mol. The van der Waals surface area contributed by atoms with Gasteiger partial charge in [0.2, 0.25) is 29.9 Å². The number of aliphatic hydroxyl groups is 3. The number of amides is 5. The average Bonchev–Trinajstić information content (AvgIpc) is 3.28. The molecule has 0 aliphatic carbocycles. The third-order valence-corrected chi connectivity index (χ3v) is 11.8. The van der Waals surface area contributed by atoms with Crippen molar-refractivity contribution in [2.75, 3.05) is 33.3 Å². The Morgan fingerprint density at radius 2 is 1.62 bits per heavy atom. The largest absolute Gasteiger partial charge is 0.507 e. The molecule has 0 saturated carbocycles. The number of likely N-dealkylation sites (N-methyl/N-ethyl adjacent to an activating group) is 1. The molecule has 0 spiro atoms. The van der Waals surface area contributed by atoms with Gasteiger partial charge in [0.05, 0.1) is 12.6 Å². The summed E-state index contributed by atoms with van der Waals surface area (Å²) in [5, 5.41) is 53.3. The van der Waals surface area contributed by atoms with E-state index < -0.39 is 85.2 Å². The van der Waals surface area contributed by atoms with Gasteiger partial charge in [-0.15, -0.1) is 0 Å². The van der Waals surface area contributed by atoms with E-state index in [1.807, 2.05) is 0 Å². The Morgan fingerprint density at radius 3 is 2.29 bits per heavy atom. The van der Waals surface area contributed by atoms with E-state index in [4.69, 9.17) is 32.4 Å². The highest BCUT2D eigenvalue weighted by molar-refractivity contribution is 5.96. The summed E-state index contributed by atoms with van der Waals surface area (Å²) in [7, 11) is 1.36. The molecule has 1 saturated heterocycles. The van der Waals surface area contributed by atoms with Crippen molar-refractivity contribution < 1.29 is 53.9 Å². The van der Waals surface area contributed by atoms with E-state index >= 15 is 0 Å². The van der Waals surface area contributed by atoms with E-state index in [2.05, 4.69) is 28.2 Å². The fourth-order valence-electron chi connectivity index (χ4n) is 7.96. The molecule has 20 nitrogen and oxygen atoms in total. The Morgan fingerprint density at radius 1 is 0.908 bits per heavy atom. The summed E-state index contributed by atoms with van der Waals surface area (Å²) in [5.74, 6) is -4.12. The summed E-state index contributed by atoms with van der Waals surface area (Å²) in [4.78, 5) is 69.3. The van der Waals surface area contributed by atoms with Gasteiger partial charge in [-0.25, -0.2) is 0 Å². The topological polar surface area (TPSA) is 340 Å². The second kappa shape index (κ2) is 26.3. The quantitative estimate of drug-likeness (QED) is 0.0618. The minimum Gasteiger partial charge on any atom is -0.507 e. The first-order valence-electron chi connectivity index (χ1n) is 22.7.